The van der Waals surface area contributed by atoms with Gasteiger partial charge in [-0.15, -0.1) is 0 Å². The number of nitrogens with zero attached hydrogens (tertiary/aromatic N) is 3. The molecule has 0 aromatic carbocycles. The van der Waals surface area contributed by atoms with Crippen molar-refractivity contribution in [2.24, 2.45) is 7.05 Å². The minimum absolute atomic E-state index is 0.448. The van der Waals surface area contributed by atoms with Gasteiger partial charge in [-0.05, 0) is 26.7 Å². The van der Waals surface area contributed by atoms with Crippen molar-refractivity contribution in [3.05, 3.63) is 5.69 Å². The second kappa shape index (κ2) is 6.66. The fraction of sp³-hybridized carbons (Fsp3) is 0.786. The summed E-state index contributed by atoms with van der Waals surface area (Å²) in [6.07, 6.45) is 4.61. The zero-order valence-electron chi connectivity index (χ0n) is 12.5. The van der Waals surface area contributed by atoms with Gasteiger partial charge in [0.25, 0.3) is 0 Å². The first kappa shape index (κ1) is 14.9. The molecule has 2 N–H and O–H groups in total. The summed E-state index contributed by atoms with van der Waals surface area (Å²) in [5.41, 5.74) is 8.09. The third-order valence-electron chi connectivity index (χ3n) is 3.36. The molecule has 1 aromatic rings. The maximum Gasteiger partial charge on any atom is 0.150 e. The minimum atomic E-state index is 0.448. The fourth-order valence-corrected chi connectivity index (χ4v) is 2.33. The highest BCUT2D eigenvalue weighted by atomic mass is 15.4. The van der Waals surface area contributed by atoms with Gasteiger partial charge in [-0.1, -0.05) is 26.7 Å². The molecule has 0 saturated heterocycles. The lowest BCUT2D eigenvalue weighted by Gasteiger charge is -2.29. The SMILES string of the molecule is CCCCCN(c1c(N)c(CC)nn1C)C(C)C. The highest BCUT2D eigenvalue weighted by molar-refractivity contribution is 5.66. The van der Waals surface area contributed by atoms with Gasteiger partial charge in [0, 0.05) is 19.6 Å². The van der Waals surface area contributed by atoms with Gasteiger partial charge in [0.1, 0.15) is 0 Å². The summed E-state index contributed by atoms with van der Waals surface area (Å²) in [7, 11) is 1.99. The summed E-state index contributed by atoms with van der Waals surface area (Å²) in [6, 6.07) is 0.448. The molecule has 1 rings (SSSR count). The zero-order valence-corrected chi connectivity index (χ0v) is 12.5. The van der Waals surface area contributed by atoms with Crippen LogP contribution in [0.1, 0.15) is 52.7 Å². The number of nitrogens with two attached hydrogens (primary N) is 1. The molecule has 0 aliphatic heterocycles. The van der Waals surface area contributed by atoms with E-state index in [9.17, 15) is 0 Å². The first-order valence-electron chi connectivity index (χ1n) is 7.10. The van der Waals surface area contributed by atoms with Gasteiger partial charge in [-0.2, -0.15) is 5.10 Å². The van der Waals surface area contributed by atoms with Crippen LogP contribution in [0.2, 0.25) is 0 Å². The second-order valence-corrected chi connectivity index (χ2v) is 5.16. The van der Waals surface area contributed by atoms with Crippen molar-refractivity contribution in [2.45, 2.75) is 59.4 Å². The predicted octanol–water partition coefficient (Wildman–Crippen LogP) is 2.97. The molecule has 0 saturated carbocycles. The molecule has 0 unspecified atom stereocenters. The highest BCUT2D eigenvalue weighted by Crippen LogP contribution is 2.28. The Bertz CT molecular complexity index is 368. The molecule has 0 aliphatic rings. The normalized spacial score (nSPS) is 11.2. The quantitative estimate of drug-likeness (QED) is 0.759. The smallest absolute Gasteiger partial charge is 0.150 e. The molecule has 104 valence electrons. The Hall–Kier alpha value is -1.19. The average Bonchev–Trinajstić information content (AvgIpc) is 2.60. The molecule has 0 aliphatic carbocycles. The first-order valence-corrected chi connectivity index (χ1v) is 7.10. The molecular weight excluding hydrogens is 224 g/mol. The molecule has 18 heavy (non-hydrogen) atoms. The molecule has 4 nitrogen and oxygen atoms in total. The number of nitrogen functional groups attached to an aromatic ring is 1. The van der Waals surface area contributed by atoms with Gasteiger partial charge >= 0.3 is 0 Å². The van der Waals surface area contributed by atoms with E-state index in [2.05, 4.69) is 37.7 Å². The lowest BCUT2D eigenvalue weighted by Crippen LogP contribution is -2.34. The van der Waals surface area contributed by atoms with Crippen LogP contribution in [-0.4, -0.2) is 22.4 Å². The summed E-state index contributed by atoms with van der Waals surface area (Å²) in [6.45, 7) is 9.80. The summed E-state index contributed by atoms with van der Waals surface area (Å²) >= 11 is 0. The molecule has 0 atom stereocenters. The summed E-state index contributed by atoms with van der Waals surface area (Å²) in [4.78, 5) is 2.37. The van der Waals surface area contributed by atoms with Crippen LogP contribution in [-0.2, 0) is 13.5 Å². The number of aryl methyl sites for hydroxylation is 2. The van der Waals surface area contributed by atoms with Gasteiger partial charge in [-0.3, -0.25) is 4.68 Å². The van der Waals surface area contributed by atoms with Crippen LogP contribution in [0.25, 0.3) is 0 Å². The van der Waals surface area contributed by atoms with Crippen LogP contribution in [0, 0.1) is 0 Å². The molecule has 0 spiro atoms. The van der Waals surface area contributed by atoms with E-state index in [1.165, 1.54) is 19.3 Å². The van der Waals surface area contributed by atoms with E-state index in [1.54, 1.807) is 0 Å². The molecular formula is C14H28N4. The third-order valence-corrected chi connectivity index (χ3v) is 3.36. The summed E-state index contributed by atoms with van der Waals surface area (Å²) < 4.78 is 1.93. The molecule has 1 heterocycles. The van der Waals surface area contributed by atoms with Crippen LogP contribution >= 0.6 is 0 Å². The second-order valence-electron chi connectivity index (χ2n) is 5.16. The van der Waals surface area contributed by atoms with Crippen LogP contribution in [0.3, 0.4) is 0 Å². The van der Waals surface area contributed by atoms with Crippen molar-refractivity contribution in [3.8, 4) is 0 Å². The standard InChI is InChI=1S/C14H28N4/c1-6-8-9-10-18(11(3)4)14-13(15)12(7-2)16-17(14)5/h11H,6-10,15H2,1-5H3. The Morgan fingerprint density at radius 3 is 2.39 bits per heavy atom. The zero-order chi connectivity index (χ0) is 13.7. The van der Waals surface area contributed by atoms with E-state index in [0.29, 0.717) is 6.04 Å². The monoisotopic (exact) mass is 252 g/mol. The van der Waals surface area contributed by atoms with E-state index >= 15 is 0 Å². The molecule has 0 fully saturated rings. The Balaban J connectivity index is 2.94. The predicted molar refractivity (Wildman–Crippen MR) is 79.0 cm³/mol. The first-order chi connectivity index (χ1) is 8.52. The van der Waals surface area contributed by atoms with E-state index in [1.807, 2.05) is 11.7 Å². The molecule has 0 bridgehead atoms. The van der Waals surface area contributed by atoms with Crippen molar-refractivity contribution >= 4 is 11.5 Å². The Labute approximate surface area is 111 Å². The maximum absolute atomic E-state index is 6.23. The van der Waals surface area contributed by atoms with Gasteiger partial charge in [0.15, 0.2) is 5.82 Å². The van der Waals surface area contributed by atoms with Crippen molar-refractivity contribution in [1.82, 2.24) is 9.78 Å². The molecule has 4 heteroatoms. The van der Waals surface area contributed by atoms with Gasteiger partial charge in [-0.25, -0.2) is 0 Å². The van der Waals surface area contributed by atoms with Crippen molar-refractivity contribution in [2.75, 3.05) is 17.2 Å². The average molecular weight is 252 g/mol. The number of rotatable bonds is 7. The topological polar surface area (TPSA) is 47.1 Å². The van der Waals surface area contributed by atoms with Crippen LogP contribution in [0.15, 0.2) is 0 Å². The Morgan fingerprint density at radius 2 is 1.94 bits per heavy atom. The Kier molecular flexibility index (Phi) is 5.51. The molecule has 0 radical (unpaired) electrons. The molecule has 0 amide bonds. The lowest BCUT2D eigenvalue weighted by molar-refractivity contribution is 0.599. The van der Waals surface area contributed by atoms with Crippen LogP contribution < -0.4 is 10.6 Å². The van der Waals surface area contributed by atoms with E-state index in [4.69, 9.17) is 5.73 Å². The number of hydrogen-bond donors (Lipinski definition) is 1. The lowest BCUT2D eigenvalue weighted by atomic mass is 10.2. The van der Waals surface area contributed by atoms with Crippen molar-refractivity contribution < 1.29 is 0 Å². The van der Waals surface area contributed by atoms with Crippen LogP contribution in [0.5, 0.6) is 0 Å². The van der Waals surface area contributed by atoms with Gasteiger partial charge in [0.2, 0.25) is 0 Å². The Morgan fingerprint density at radius 1 is 1.28 bits per heavy atom. The highest BCUT2D eigenvalue weighted by Gasteiger charge is 2.20. The minimum Gasteiger partial charge on any atom is -0.394 e. The number of hydrogen-bond acceptors (Lipinski definition) is 3. The van der Waals surface area contributed by atoms with Gasteiger partial charge in [0.05, 0.1) is 11.4 Å². The summed E-state index contributed by atoms with van der Waals surface area (Å²) in [5.74, 6) is 1.08. The number of unbranched alkanes of at least 4 members (excludes halogenated alkanes) is 2. The summed E-state index contributed by atoms with van der Waals surface area (Å²) in [5, 5.41) is 4.51. The number of anilines is 2. The van der Waals surface area contributed by atoms with E-state index in [-0.39, 0.29) is 0 Å². The van der Waals surface area contributed by atoms with E-state index in [0.717, 1.165) is 30.2 Å². The fourth-order valence-electron chi connectivity index (χ4n) is 2.33. The van der Waals surface area contributed by atoms with Crippen molar-refractivity contribution in [1.29, 1.82) is 0 Å². The largest absolute Gasteiger partial charge is 0.394 e. The maximum atomic E-state index is 6.23. The van der Waals surface area contributed by atoms with Crippen molar-refractivity contribution in [3.63, 3.8) is 0 Å². The number of aromatic nitrogens is 2. The van der Waals surface area contributed by atoms with E-state index < -0.39 is 0 Å². The third kappa shape index (κ3) is 3.18. The van der Waals surface area contributed by atoms with Crippen LogP contribution in [0.4, 0.5) is 11.5 Å². The molecule has 1 aromatic heterocycles. The van der Waals surface area contributed by atoms with Gasteiger partial charge < -0.3 is 10.6 Å².